The van der Waals surface area contributed by atoms with Crippen LogP contribution in [0.3, 0.4) is 0 Å². The largest absolute Gasteiger partial charge is 0.493 e. The van der Waals surface area contributed by atoms with Crippen LogP contribution in [0.1, 0.15) is 22.6 Å². The van der Waals surface area contributed by atoms with E-state index < -0.39 is 29.2 Å². The maximum absolute atomic E-state index is 13.1. The molecule has 32 heavy (non-hydrogen) atoms. The fourth-order valence-corrected chi connectivity index (χ4v) is 5.22. The van der Waals surface area contributed by atoms with Crippen molar-refractivity contribution in [3.8, 4) is 28.7 Å². The fourth-order valence-electron chi connectivity index (χ4n) is 5.22. The number of carbonyl (C=O) groups excluding carboxylic acids is 1. The molecule has 0 aromatic heterocycles. The fraction of sp³-hybridized carbons (Fsp3) is 0.391. The highest BCUT2D eigenvalue weighted by Crippen LogP contribution is 2.58. The van der Waals surface area contributed by atoms with E-state index in [4.69, 9.17) is 28.4 Å². The van der Waals surface area contributed by atoms with Crippen molar-refractivity contribution in [3.63, 3.8) is 0 Å². The lowest BCUT2D eigenvalue weighted by Crippen LogP contribution is -2.50. The third-order valence-corrected chi connectivity index (χ3v) is 6.64. The summed E-state index contributed by atoms with van der Waals surface area (Å²) in [4.78, 5) is 25.9. The quantitative estimate of drug-likeness (QED) is 0.551. The molecule has 0 radical (unpaired) electrons. The SMILES string of the molecule is COc1cc(C2c3cc4c(cc3CC3COC(=O)C32C(=O)O)OCO4)cc(OC)c1OC. The number of esters is 1. The van der Waals surface area contributed by atoms with Crippen molar-refractivity contribution < 1.29 is 43.1 Å². The molecule has 0 spiro atoms. The summed E-state index contributed by atoms with van der Waals surface area (Å²) in [5, 5.41) is 10.4. The zero-order valence-corrected chi connectivity index (χ0v) is 17.8. The van der Waals surface area contributed by atoms with Crippen molar-refractivity contribution in [2.45, 2.75) is 12.3 Å². The van der Waals surface area contributed by atoms with Crippen molar-refractivity contribution in [2.24, 2.45) is 11.3 Å². The number of cyclic esters (lactones) is 1. The number of hydrogen-bond donors (Lipinski definition) is 1. The molecule has 2 heterocycles. The second-order valence-electron chi connectivity index (χ2n) is 7.97. The number of carboxylic acid groups (broad SMARTS) is 1. The second-order valence-corrected chi connectivity index (χ2v) is 7.97. The van der Waals surface area contributed by atoms with Gasteiger partial charge >= 0.3 is 11.9 Å². The highest BCUT2D eigenvalue weighted by molar-refractivity contribution is 6.03. The van der Waals surface area contributed by atoms with Gasteiger partial charge in [0.2, 0.25) is 12.5 Å². The van der Waals surface area contributed by atoms with Crippen LogP contribution in [0.4, 0.5) is 0 Å². The Balaban J connectivity index is 1.82. The number of rotatable bonds is 5. The van der Waals surface area contributed by atoms with Gasteiger partial charge in [-0.3, -0.25) is 9.59 Å². The van der Waals surface area contributed by atoms with Gasteiger partial charge in [-0.25, -0.2) is 0 Å². The van der Waals surface area contributed by atoms with Crippen LogP contribution in [-0.4, -0.2) is 51.8 Å². The van der Waals surface area contributed by atoms with Crippen LogP contribution in [0, 0.1) is 11.3 Å². The molecule has 3 unspecified atom stereocenters. The first-order chi connectivity index (χ1) is 15.4. The Kier molecular flexibility index (Phi) is 4.58. The standard InChI is InChI=1S/C23H22O9/c1-27-17-6-12(7-18(28-2)20(17)29-3)19-14-8-16-15(31-10-32-16)5-11(14)4-13-9-30-22(26)23(13,19)21(24)25/h5-8,13,19H,4,9-10H2,1-3H3,(H,24,25). The molecule has 5 rings (SSSR count). The van der Waals surface area contributed by atoms with Crippen molar-refractivity contribution in [2.75, 3.05) is 34.7 Å². The van der Waals surface area contributed by atoms with Gasteiger partial charge in [-0.1, -0.05) is 0 Å². The minimum Gasteiger partial charge on any atom is -0.493 e. The van der Waals surface area contributed by atoms with Crippen molar-refractivity contribution >= 4 is 11.9 Å². The van der Waals surface area contributed by atoms with E-state index in [1.54, 1.807) is 18.2 Å². The third kappa shape index (κ3) is 2.57. The molecule has 1 saturated heterocycles. The smallest absolute Gasteiger partial charge is 0.324 e. The minimum atomic E-state index is -1.80. The van der Waals surface area contributed by atoms with Crippen molar-refractivity contribution in [1.82, 2.24) is 0 Å². The molecule has 168 valence electrons. The summed E-state index contributed by atoms with van der Waals surface area (Å²) in [6, 6.07) is 6.98. The summed E-state index contributed by atoms with van der Waals surface area (Å²) in [6.45, 7) is 0.114. The summed E-state index contributed by atoms with van der Waals surface area (Å²) < 4.78 is 32.8. The average Bonchev–Trinajstić information content (AvgIpc) is 3.39. The summed E-state index contributed by atoms with van der Waals surface area (Å²) in [5.74, 6) is -1.21. The third-order valence-electron chi connectivity index (χ3n) is 6.64. The van der Waals surface area contributed by atoms with Crippen LogP contribution in [0.5, 0.6) is 28.7 Å². The van der Waals surface area contributed by atoms with E-state index >= 15 is 0 Å². The van der Waals surface area contributed by atoms with Crippen LogP contribution < -0.4 is 23.7 Å². The minimum absolute atomic E-state index is 0.0277. The number of fused-ring (bicyclic) bond motifs is 3. The number of methoxy groups -OCH3 is 3. The second kappa shape index (κ2) is 7.22. The number of carboxylic acids is 1. The van der Waals surface area contributed by atoms with Gasteiger partial charge in [0, 0.05) is 11.8 Å². The first kappa shape index (κ1) is 20.3. The van der Waals surface area contributed by atoms with Crippen LogP contribution in [-0.2, 0) is 20.7 Å². The van der Waals surface area contributed by atoms with E-state index in [2.05, 4.69) is 0 Å². The number of carbonyl (C=O) groups is 2. The molecule has 1 N–H and O–H groups in total. The van der Waals surface area contributed by atoms with E-state index in [1.165, 1.54) is 21.3 Å². The predicted molar refractivity (Wildman–Crippen MR) is 109 cm³/mol. The Morgan fingerprint density at radius 3 is 2.25 bits per heavy atom. The zero-order chi connectivity index (χ0) is 22.6. The lowest BCUT2D eigenvalue weighted by atomic mass is 9.57. The molecule has 0 amide bonds. The van der Waals surface area contributed by atoms with Gasteiger partial charge in [-0.15, -0.1) is 0 Å². The van der Waals surface area contributed by atoms with Gasteiger partial charge in [0.15, 0.2) is 28.4 Å². The Bertz CT molecular complexity index is 1100. The molecule has 1 aliphatic carbocycles. The Labute approximate surface area is 183 Å². The predicted octanol–water partition coefficient (Wildman–Crippen LogP) is 2.37. The summed E-state index contributed by atoms with van der Waals surface area (Å²) in [7, 11) is 4.45. The van der Waals surface area contributed by atoms with Crippen LogP contribution in [0.2, 0.25) is 0 Å². The summed E-state index contributed by atoms with van der Waals surface area (Å²) in [6.07, 6.45) is 0.366. The van der Waals surface area contributed by atoms with Gasteiger partial charge < -0.3 is 33.5 Å². The van der Waals surface area contributed by atoms with Gasteiger partial charge in [0.1, 0.15) is 0 Å². The molecular weight excluding hydrogens is 420 g/mol. The van der Waals surface area contributed by atoms with Crippen molar-refractivity contribution in [1.29, 1.82) is 0 Å². The molecule has 2 aromatic rings. The molecule has 2 aliphatic heterocycles. The molecule has 2 aromatic carbocycles. The monoisotopic (exact) mass is 442 g/mol. The summed E-state index contributed by atoms with van der Waals surface area (Å²) >= 11 is 0. The highest BCUT2D eigenvalue weighted by atomic mass is 16.7. The first-order valence-electron chi connectivity index (χ1n) is 10.1. The first-order valence-corrected chi connectivity index (χ1v) is 10.1. The Hall–Kier alpha value is -3.62. The average molecular weight is 442 g/mol. The number of ether oxygens (including phenoxy) is 6. The van der Waals surface area contributed by atoms with Gasteiger partial charge in [0.05, 0.1) is 27.9 Å². The van der Waals surface area contributed by atoms with E-state index in [0.29, 0.717) is 46.3 Å². The number of benzene rings is 2. The lowest BCUT2D eigenvalue weighted by Gasteiger charge is -2.40. The lowest BCUT2D eigenvalue weighted by molar-refractivity contribution is -0.163. The van der Waals surface area contributed by atoms with Crippen molar-refractivity contribution in [3.05, 3.63) is 41.0 Å². The molecule has 3 atom stereocenters. The van der Waals surface area contributed by atoms with Gasteiger partial charge in [0.25, 0.3) is 0 Å². The molecule has 9 nitrogen and oxygen atoms in total. The molecule has 0 saturated carbocycles. The summed E-state index contributed by atoms with van der Waals surface area (Å²) in [5.41, 5.74) is 0.283. The topological polar surface area (TPSA) is 110 Å². The van der Waals surface area contributed by atoms with Crippen LogP contribution in [0.15, 0.2) is 24.3 Å². The molecule has 3 aliphatic rings. The number of aliphatic carboxylic acids is 1. The molecule has 1 fully saturated rings. The van der Waals surface area contributed by atoms with Crippen LogP contribution in [0.25, 0.3) is 0 Å². The molecule has 9 heteroatoms. The molecule has 0 bridgehead atoms. The zero-order valence-electron chi connectivity index (χ0n) is 17.8. The van der Waals surface area contributed by atoms with E-state index in [0.717, 1.165) is 5.56 Å². The van der Waals surface area contributed by atoms with E-state index in [1.807, 2.05) is 6.07 Å². The van der Waals surface area contributed by atoms with Gasteiger partial charge in [-0.05, 0) is 47.4 Å². The Morgan fingerprint density at radius 1 is 1.00 bits per heavy atom. The highest BCUT2D eigenvalue weighted by Gasteiger charge is 2.66. The van der Waals surface area contributed by atoms with E-state index in [9.17, 15) is 14.7 Å². The van der Waals surface area contributed by atoms with Crippen LogP contribution >= 0.6 is 0 Å². The normalized spacial score (nSPS) is 24.9. The maximum Gasteiger partial charge on any atom is 0.324 e. The van der Waals surface area contributed by atoms with E-state index in [-0.39, 0.29) is 13.4 Å². The number of hydrogen-bond acceptors (Lipinski definition) is 8. The van der Waals surface area contributed by atoms with Gasteiger partial charge in [-0.2, -0.15) is 0 Å². The Morgan fingerprint density at radius 2 is 1.66 bits per heavy atom. The molecular formula is C23H22O9. The maximum atomic E-state index is 13.1.